The zero-order chi connectivity index (χ0) is 13.5. The molecular weight excluding hydrogens is 258 g/mol. The maximum atomic E-state index is 5.73. The van der Waals surface area contributed by atoms with Gasteiger partial charge in [0, 0.05) is 17.4 Å². The molecule has 0 bridgehead atoms. The van der Waals surface area contributed by atoms with Gasteiger partial charge in [0.2, 0.25) is 0 Å². The van der Waals surface area contributed by atoms with Crippen LogP contribution in [0.5, 0.6) is 11.5 Å². The van der Waals surface area contributed by atoms with Crippen LogP contribution in [0.4, 0.5) is 0 Å². The standard InChI is InChI=1S/C15H23NO2S/c1-3-7-16-14-11-18-15-10-12(5-6-13(14)15)17-8-9-19-4-2/h5-6,10,14,16H,3-4,7-9,11H2,1-2H3. The summed E-state index contributed by atoms with van der Waals surface area (Å²) in [5.41, 5.74) is 1.25. The zero-order valence-corrected chi connectivity index (χ0v) is 12.6. The van der Waals surface area contributed by atoms with E-state index < -0.39 is 0 Å². The summed E-state index contributed by atoms with van der Waals surface area (Å²) in [5, 5.41) is 3.50. The van der Waals surface area contributed by atoms with Crippen LogP contribution in [0, 0.1) is 0 Å². The zero-order valence-electron chi connectivity index (χ0n) is 11.8. The van der Waals surface area contributed by atoms with Crippen molar-refractivity contribution in [2.24, 2.45) is 0 Å². The lowest BCUT2D eigenvalue weighted by Crippen LogP contribution is -2.22. The third-order valence-corrected chi connectivity index (χ3v) is 3.97. The number of fused-ring (bicyclic) bond motifs is 1. The van der Waals surface area contributed by atoms with E-state index >= 15 is 0 Å². The molecule has 0 saturated heterocycles. The van der Waals surface area contributed by atoms with E-state index in [4.69, 9.17) is 9.47 Å². The molecule has 0 saturated carbocycles. The van der Waals surface area contributed by atoms with Crippen LogP contribution in [0.15, 0.2) is 18.2 Å². The summed E-state index contributed by atoms with van der Waals surface area (Å²) in [6, 6.07) is 6.52. The van der Waals surface area contributed by atoms with Gasteiger partial charge in [0.05, 0.1) is 12.6 Å². The summed E-state index contributed by atoms with van der Waals surface area (Å²) < 4.78 is 11.5. The lowest BCUT2D eigenvalue weighted by atomic mass is 10.1. The number of nitrogens with one attached hydrogen (secondary N) is 1. The molecular formula is C15H23NO2S. The van der Waals surface area contributed by atoms with Crippen LogP contribution in [-0.4, -0.2) is 31.3 Å². The Morgan fingerprint density at radius 1 is 1.42 bits per heavy atom. The van der Waals surface area contributed by atoms with Crippen molar-refractivity contribution >= 4 is 11.8 Å². The highest BCUT2D eigenvalue weighted by molar-refractivity contribution is 7.99. The molecule has 0 amide bonds. The Labute approximate surface area is 120 Å². The predicted octanol–water partition coefficient (Wildman–Crippen LogP) is 3.25. The Balaban J connectivity index is 1.89. The highest BCUT2D eigenvalue weighted by atomic mass is 32.2. The van der Waals surface area contributed by atoms with E-state index in [1.54, 1.807) is 0 Å². The summed E-state index contributed by atoms with van der Waals surface area (Å²) in [6.45, 7) is 6.85. The fraction of sp³-hybridized carbons (Fsp3) is 0.600. The van der Waals surface area contributed by atoms with E-state index in [1.165, 1.54) is 5.56 Å². The van der Waals surface area contributed by atoms with Crippen LogP contribution in [0.25, 0.3) is 0 Å². The molecule has 1 aromatic carbocycles. The molecule has 1 N–H and O–H groups in total. The average molecular weight is 281 g/mol. The maximum Gasteiger partial charge on any atom is 0.127 e. The second-order valence-electron chi connectivity index (χ2n) is 4.56. The van der Waals surface area contributed by atoms with Gasteiger partial charge in [0.15, 0.2) is 0 Å². The van der Waals surface area contributed by atoms with E-state index in [0.717, 1.165) is 49.2 Å². The minimum absolute atomic E-state index is 0.333. The molecule has 0 spiro atoms. The second-order valence-corrected chi connectivity index (χ2v) is 5.96. The normalized spacial score (nSPS) is 17.1. The van der Waals surface area contributed by atoms with E-state index in [1.807, 2.05) is 23.9 Å². The van der Waals surface area contributed by atoms with Crippen molar-refractivity contribution in [3.8, 4) is 11.5 Å². The minimum Gasteiger partial charge on any atom is -0.493 e. The molecule has 106 valence electrons. The smallest absolute Gasteiger partial charge is 0.127 e. The predicted molar refractivity (Wildman–Crippen MR) is 81.5 cm³/mol. The lowest BCUT2D eigenvalue weighted by molar-refractivity contribution is 0.308. The number of ether oxygens (including phenoxy) is 2. The van der Waals surface area contributed by atoms with Crippen LogP contribution in [0.2, 0.25) is 0 Å². The van der Waals surface area contributed by atoms with E-state index in [-0.39, 0.29) is 0 Å². The molecule has 0 aromatic heterocycles. The first kappa shape index (κ1) is 14.5. The minimum atomic E-state index is 0.333. The summed E-state index contributed by atoms with van der Waals surface area (Å²) >= 11 is 1.90. The van der Waals surface area contributed by atoms with Crippen LogP contribution in [0.1, 0.15) is 31.9 Å². The molecule has 1 atom stereocenters. The van der Waals surface area contributed by atoms with Crippen LogP contribution >= 0.6 is 11.8 Å². The van der Waals surface area contributed by atoms with Gasteiger partial charge in [-0.1, -0.05) is 13.8 Å². The van der Waals surface area contributed by atoms with Gasteiger partial charge < -0.3 is 14.8 Å². The van der Waals surface area contributed by atoms with E-state index in [9.17, 15) is 0 Å². The Morgan fingerprint density at radius 2 is 2.32 bits per heavy atom. The summed E-state index contributed by atoms with van der Waals surface area (Å²) in [6.07, 6.45) is 1.14. The second kappa shape index (κ2) is 7.65. The summed E-state index contributed by atoms with van der Waals surface area (Å²) in [4.78, 5) is 0. The highest BCUT2D eigenvalue weighted by Gasteiger charge is 2.23. The van der Waals surface area contributed by atoms with Crippen molar-refractivity contribution in [3.05, 3.63) is 23.8 Å². The number of benzene rings is 1. The van der Waals surface area contributed by atoms with Crippen molar-refractivity contribution in [3.63, 3.8) is 0 Å². The quantitative estimate of drug-likeness (QED) is 0.741. The third kappa shape index (κ3) is 4.05. The molecule has 0 fully saturated rings. The van der Waals surface area contributed by atoms with E-state index in [0.29, 0.717) is 6.04 Å². The van der Waals surface area contributed by atoms with Gasteiger partial charge in [-0.25, -0.2) is 0 Å². The molecule has 19 heavy (non-hydrogen) atoms. The number of rotatable bonds is 8. The first-order valence-corrected chi connectivity index (χ1v) is 8.21. The molecule has 4 heteroatoms. The largest absolute Gasteiger partial charge is 0.493 e. The van der Waals surface area contributed by atoms with Crippen molar-refractivity contribution in [1.82, 2.24) is 5.32 Å². The maximum absolute atomic E-state index is 5.73. The Bertz CT molecular complexity index is 398. The molecule has 1 aliphatic rings. The first-order chi connectivity index (χ1) is 9.35. The molecule has 1 aliphatic heterocycles. The molecule has 1 unspecified atom stereocenters. The van der Waals surface area contributed by atoms with Crippen molar-refractivity contribution in [1.29, 1.82) is 0 Å². The fourth-order valence-corrected chi connectivity index (χ4v) is 2.62. The Kier molecular flexibility index (Phi) is 5.86. The van der Waals surface area contributed by atoms with E-state index in [2.05, 4.69) is 25.2 Å². The highest BCUT2D eigenvalue weighted by Crippen LogP contribution is 2.35. The van der Waals surface area contributed by atoms with Crippen molar-refractivity contribution < 1.29 is 9.47 Å². The third-order valence-electron chi connectivity index (χ3n) is 3.11. The van der Waals surface area contributed by atoms with Crippen LogP contribution in [-0.2, 0) is 0 Å². The molecule has 0 aliphatic carbocycles. The number of hydrogen-bond acceptors (Lipinski definition) is 4. The SMILES string of the molecule is CCCNC1COc2cc(OCCSCC)ccc21. The van der Waals surface area contributed by atoms with Crippen molar-refractivity contribution in [2.75, 3.05) is 31.3 Å². The fourth-order valence-electron chi connectivity index (χ4n) is 2.13. The number of hydrogen-bond donors (Lipinski definition) is 1. The monoisotopic (exact) mass is 281 g/mol. The molecule has 0 radical (unpaired) electrons. The van der Waals surface area contributed by atoms with Gasteiger partial charge in [0.25, 0.3) is 0 Å². The summed E-state index contributed by atoms with van der Waals surface area (Å²) in [7, 11) is 0. The van der Waals surface area contributed by atoms with Gasteiger partial charge in [-0.05, 0) is 30.9 Å². The van der Waals surface area contributed by atoms with Gasteiger partial charge >= 0.3 is 0 Å². The van der Waals surface area contributed by atoms with Gasteiger partial charge in [0.1, 0.15) is 18.1 Å². The van der Waals surface area contributed by atoms with Gasteiger partial charge in [-0.15, -0.1) is 0 Å². The number of thioether (sulfide) groups is 1. The first-order valence-electron chi connectivity index (χ1n) is 7.05. The van der Waals surface area contributed by atoms with Gasteiger partial charge in [-0.3, -0.25) is 0 Å². The summed E-state index contributed by atoms with van der Waals surface area (Å²) in [5.74, 6) is 4.05. The molecule has 1 heterocycles. The molecule has 2 rings (SSSR count). The van der Waals surface area contributed by atoms with Crippen LogP contribution in [0.3, 0.4) is 0 Å². The van der Waals surface area contributed by atoms with Crippen molar-refractivity contribution in [2.45, 2.75) is 26.3 Å². The van der Waals surface area contributed by atoms with Gasteiger partial charge in [-0.2, -0.15) is 11.8 Å². The molecule has 1 aromatic rings. The topological polar surface area (TPSA) is 30.5 Å². The Hall–Kier alpha value is -0.870. The molecule has 3 nitrogen and oxygen atoms in total. The Morgan fingerprint density at radius 3 is 3.11 bits per heavy atom. The average Bonchev–Trinajstić information content (AvgIpc) is 2.84. The lowest BCUT2D eigenvalue weighted by Gasteiger charge is -2.11. The van der Waals surface area contributed by atoms with Crippen LogP contribution < -0.4 is 14.8 Å².